The zero-order chi connectivity index (χ0) is 20.2. The maximum Gasteiger partial charge on any atom is 0.416 e. The van der Waals surface area contributed by atoms with Gasteiger partial charge in [-0.3, -0.25) is 9.48 Å². The van der Waals surface area contributed by atoms with Gasteiger partial charge in [0.15, 0.2) is 0 Å². The number of nitrogens with zero attached hydrogens (tertiary/aromatic N) is 2. The summed E-state index contributed by atoms with van der Waals surface area (Å²) in [7, 11) is 1.78. The van der Waals surface area contributed by atoms with Crippen LogP contribution in [-0.2, 0) is 22.8 Å². The zero-order valence-corrected chi connectivity index (χ0v) is 15.3. The van der Waals surface area contributed by atoms with Gasteiger partial charge < -0.3 is 15.2 Å². The van der Waals surface area contributed by atoms with Gasteiger partial charge in [0.05, 0.1) is 35.5 Å². The molecule has 0 saturated carbocycles. The van der Waals surface area contributed by atoms with Gasteiger partial charge in [-0.2, -0.15) is 18.3 Å². The number of alkyl halides is 3. The first kappa shape index (κ1) is 18.9. The molecule has 2 N–H and O–H groups in total. The van der Waals surface area contributed by atoms with Crippen LogP contribution in [0.4, 0.5) is 18.9 Å². The molecule has 2 bridgehead atoms. The lowest BCUT2D eigenvalue weighted by molar-refractivity contribution is -0.137. The third-order valence-electron chi connectivity index (χ3n) is 5.52. The average molecular weight is 395 g/mol. The summed E-state index contributed by atoms with van der Waals surface area (Å²) in [6.07, 6.45) is -3.87. The van der Waals surface area contributed by atoms with E-state index in [1.165, 1.54) is 12.1 Å². The molecule has 2 aromatic rings. The number of aliphatic hydroxyl groups is 1. The van der Waals surface area contributed by atoms with Crippen molar-refractivity contribution >= 4 is 11.6 Å². The van der Waals surface area contributed by atoms with E-state index in [4.69, 9.17) is 4.74 Å². The summed E-state index contributed by atoms with van der Waals surface area (Å²) >= 11 is 0. The lowest BCUT2D eigenvalue weighted by Gasteiger charge is -2.29. The number of carbonyl (C=O) groups excluding carboxylic acids is 1. The molecule has 5 atom stereocenters. The van der Waals surface area contributed by atoms with Crippen molar-refractivity contribution in [3.63, 3.8) is 0 Å². The van der Waals surface area contributed by atoms with Gasteiger partial charge in [-0.1, -0.05) is 0 Å². The number of ether oxygens (including phenoxy) is 1. The second-order valence-electron chi connectivity index (χ2n) is 7.40. The van der Waals surface area contributed by atoms with Crippen LogP contribution in [0, 0.1) is 12.8 Å². The van der Waals surface area contributed by atoms with Gasteiger partial charge >= 0.3 is 6.18 Å². The molecule has 2 aliphatic heterocycles. The minimum Gasteiger partial charge on any atom is -0.390 e. The average Bonchev–Trinajstić information content (AvgIpc) is 3.25. The molecular weight excluding hydrogens is 375 g/mol. The SMILES string of the molecule is Cc1nn(C)cc1[C@H]1[C@H]2O[C@H](C[C@@H]2O)[C@@H]1C(=O)Nc1ccc(C(F)(F)F)cc1. The third-order valence-corrected chi connectivity index (χ3v) is 5.52. The fraction of sp³-hybridized carbons (Fsp3) is 0.474. The number of benzene rings is 1. The molecule has 0 unspecified atom stereocenters. The fourth-order valence-electron chi connectivity index (χ4n) is 4.33. The van der Waals surface area contributed by atoms with Gasteiger partial charge in [0.1, 0.15) is 0 Å². The van der Waals surface area contributed by atoms with Crippen LogP contribution in [0.1, 0.15) is 29.2 Å². The third kappa shape index (κ3) is 3.18. The summed E-state index contributed by atoms with van der Waals surface area (Å²) in [6.45, 7) is 1.83. The summed E-state index contributed by atoms with van der Waals surface area (Å²) in [4.78, 5) is 13.0. The maximum absolute atomic E-state index is 13.0. The first-order chi connectivity index (χ1) is 13.1. The van der Waals surface area contributed by atoms with Crippen LogP contribution in [0.3, 0.4) is 0 Å². The molecule has 0 spiro atoms. The molecule has 2 aliphatic rings. The Hall–Kier alpha value is -2.39. The molecule has 3 heterocycles. The van der Waals surface area contributed by atoms with E-state index in [-0.39, 0.29) is 17.5 Å². The number of hydrogen-bond acceptors (Lipinski definition) is 4. The normalized spacial score (nSPS) is 29.3. The van der Waals surface area contributed by atoms with Crippen molar-refractivity contribution in [3.05, 3.63) is 47.3 Å². The van der Waals surface area contributed by atoms with Gasteiger partial charge in [0, 0.05) is 31.3 Å². The molecule has 150 valence electrons. The lowest BCUT2D eigenvalue weighted by Crippen LogP contribution is -2.41. The Balaban J connectivity index is 1.58. The largest absolute Gasteiger partial charge is 0.416 e. The summed E-state index contributed by atoms with van der Waals surface area (Å²) in [6, 6.07) is 4.32. The van der Waals surface area contributed by atoms with Crippen LogP contribution >= 0.6 is 0 Å². The topological polar surface area (TPSA) is 76.4 Å². The Morgan fingerprint density at radius 1 is 1.32 bits per heavy atom. The van der Waals surface area contributed by atoms with Gasteiger partial charge in [-0.25, -0.2) is 0 Å². The Bertz CT molecular complexity index is 894. The monoisotopic (exact) mass is 395 g/mol. The van der Waals surface area contributed by atoms with Crippen molar-refractivity contribution < 1.29 is 27.8 Å². The van der Waals surface area contributed by atoms with Crippen molar-refractivity contribution in [3.8, 4) is 0 Å². The summed E-state index contributed by atoms with van der Waals surface area (Å²) in [5, 5.41) is 17.3. The highest BCUT2D eigenvalue weighted by Gasteiger charge is 2.57. The standard InChI is InChI=1S/C19H20F3N3O3/c1-9-12(8-25(2)24-9)15-16(14-7-13(26)17(15)28-14)18(27)23-11-5-3-10(4-6-11)19(20,21)22/h3-6,8,13-17,26H,7H2,1-2H3,(H,23,27)/t13-,14+,15+,16-,17-/m0/s1. The molecule has 28 heavy (non-hydrogen) atoms. The number of nitrogens with one attached hydrogen (secondary N) is 1. The Morgan fingerprint density at radius 2 is 2.00 bits per heavy atom. The highest BCUT2D eigenvalue weighted by Crippen LogP contribution is 2.49. The molecule has 9 heteroatoms. The van der Waals surface area contributed by atoms with E-state index >= 15 is 0 Å². The Labute approximate surface area is 159 Å². The minimum absolute atomic E-state index is 0.281. The van der Waals surface area contributed by atoms with Gasteiger partial charge in [0.25, 0.3) is 0 Å². The first-order valence-electron chi connectivity index (χ1n) is 8.97. The van der Waals surface area contributed by atoms with Gasteiger partial charge in [-0.05, 0) is 36.8 Å². The van der Waals surface area contributed by atoms with E-state index in [0.29, 0.717) is 6.42 Å². The highest BCUT2D eigenvalue weighted by atomic mass is 19.4. The van der Waals surface area contributed by atoms with Gasteiger partial charge in [-0.15, -0.1) is 0 Å². The zero-order valence-electron chi connectivity index (χ0n) is 15.3. The molecular formula is C19H20F3N3O3. The van der Waals surface area contributed by atoms with Crippen LogP contribution in [0.2, 0.25) is 0 Å². The van der Waals surface area contributed by atoms with Crippen LogP contribution < -0.4 is 5.32 Å². The predicted molar refractivity (Wildman–Crippen MR) is 93.5 cm³/mol. The number of carbonyl (C=O) groups is 1. The highest BCUT2D eigenvalue weighted by molar-refractivity contribution is 5.94. The quantitative estimate of drug-likeness (QED) is 0.838. The number of halogens is 3. The van der Waals surface area contributed by atoms with E-state index in [1.54, 1.807) is 11.7 Å². The molecule has 6 nitrogen and oxygen atoms in total. The number of amides is 1. The molecule has 0 aliphatic carbocycles. The van der Waals surface area contributed by atoms with Crippen molar-refractivity contribution in [2.24, 2.45) is 13.0 Å². The van der Waals surface area contributed by atoms with Crippen molar-refractivity contribution in [1.29, 1.82) is 0 Å². The van der Waals surface area contributed by atoms with E-state index in [2.05, 4.69) is 10.4 Å². The van der Waals surface area contributed by atoms with E-state index < -0.39 is 36.0 Å². The van der Waals surface area contributed by atoms with Gasteiger partial charge in [0.2, 0.25) is 5.91 Å². The fourth-order valence-corrected chi connectivity index (χ4v) is 4.33. The van der Waals surface area contributed by atoms with Crippen LogP contribution in [0.15, 0.2) is 30.5 Å². The second-order valence-corrected chi connectivity index (χ2v) is 7.40. The number of aliphatic hydroxyl groups excluding tert-OH is 1. The van der Waals surface area contributed by atoms with Crippen molar-refractivity contribution in [2.75, 3.05) is 5.32 Å². The molecule has 1 amide bonds. The molecule has 2 saturated heterocycles. The van der Waals surface area contributed by atoms with Crippen LogP contribution in [0.5, 0.6) is 0 Å². The minimum atomic E-state index is -4.43. The Kier molecular flexibility index (Phi) is 4.46. The molecule has 1 aromatic heterocycles. The van der Waals surface area contributed by atoms with E-state index in [0.717, 1.165) is 23.4 Å². The van der Waals surface area contributed by atoms with E-state index in [9.17, 15) is 23.1 Å². The number of aryl methyl sites for hydroxylation is 2. The summed E-state index contributed by atoms with van der Waals surface area (Å²) < 4.78 is 45.6. The summed E-state index contributed by atoms with van der Waals surface area (Å²) in [5.74, 6) is -1.26. The Morgan fingerprint density at radius 3 is 2.57 bits per heavy atom. The molecule has 4 rings (SSSR count). The lowest BCUT2D eigenvalue weighted by atomic mass is 9.74. The number of anilines is 1. The van der Waals surface area contributed by atoms with Crippen molar-refractivity contribution in [2.45, 2.75) is 43.8 Å². The van der Waals surface area contributed by atoms with Crippen molar-refractivity contribution in [1.82, 2.24) is 9.78 Å². The number of hydrogen-bond donors (Lipinski definition) is 2. The molecule has 1 aromatic carbocycles. The predicted octanol–water partition coefficient (Wildman–Crippen LogP) is 2.62. The molecule has 2 fully saturated rings. The smallest absolute Gasteiger partial charge is 0.390 e. The molecule has 0 radical (unpaired) electrons. The number of fused-ring (bicyclic) bond motifs is 2. The van der Waals surface area contributed by atoms with Crippen LogP contribution in [0.25, 0.3) is 0 Å². The summed E-state index contributed by atoms with van der Waals surface area (Å²) in [5.41, 5.74) is 1.09. The second kappa shape index (κ2) is 6.59. The first-order valence-corrected chi connectivity index (χ1v) is 8.97. The maximum atomic E-state index is 13.0. The number of rotatable bonds is 3. The van der Waals surface area contributed by atoms with Crippen LogP contribution in [-0.4, -0.2) is 39.1 Å². The number of aromatic nitrogens is 2. The van der Waals surface area contributed by atoms with E-state index in [1.807, 2.05) is 13.1 Å².